The Bertz CT molecular complexity index is 747. The number of halogens is 3. The Hall–Kier alpha value is -2.70. The van der Waals surface area contributed by atoms with Crippen LogP contribution in [0.15, 0.2) is 54.6 Å². The maximum absolute atomic E-state index is 12.6. The van der Waals surface area contributed by atoms with Crippen LogP contribution in [-0.2, 0) is 17.5 Å². The molecule has 3 rings (SSSR count). The second-order valence-corrected chi connectivity index (χ2v) is 6.47. The fourth-order valence-corrected chi connectivity index (χ4v) is 2.90. The average Bonchev–Trinajstić information content (AvgIpc) is 3.14. The second kappa shape index (κ2) is 8.33. The summed E-state index contributed by atoms with van der Waals surface area (Å²) in [4.78, 5) is 13.8. The molecule has 0 aromatic heterocycles. The molecule has 1 saturated heterocycles. The molecular formula is C20H20F3NO3. The van der Waals surface area contributed by atoms with E-state index < -0.39 is 11.7 Å². The van der Waals surface area contributed by atoms with Crippen LogP contribution in [0.5, 0.6) is 5.75 Å². The van der Waals surface area contributed by atoms with Crippen molar-refractivity contribution < 1.29 is 27.4 Å². The molecule has 0 bridgehead atoms. The van der Waals surface area contributed by atoms with Crippen molar-refractivity contribution in [1.29, 1.82) is 0 Å². The topological polar surface area (TPSA) is 38.8 Å². The molecule has 1 aliphatic heterocycles. The van der Waals surface area contributed by atoms with Crippen molar-refractivity contribution in [2.75, 3.05) is 19.7 Å². The van der Waals surface area contributed by atoms with Gasteiger partial charge in [-0.05, 0) is 36.2 Å². The molecule has 0 aliphatic carbocycles. The summed E-state index contributed by atoms with van der Waals surface area (Å²) >= 11 is 0. The van der Waals surface area contributed by atoms with Gasteiger partial charge in [-0.3, -0.25) is 0 Å². The molecule has 1 amide bonds. The van der Waals surface area contributed by atoms with Crippen molar-refractivity contribution in [3.63, 3.8) is 0 Å². The Labute approximate surface area is 155 Å². The fourth-order valence-electron chi connectivity index (χ4n) is 2.90. The minimum atomic E-state index is -4.36. The highest BCUT2D eigenvalue weighted by Crippen LogP contribution is 2.30. The van der Waals surface area contributed by atoms with Crippen molar-refractivity contribution in [3.8, 4) is 5.75 Å². The van der Waals surface area contributed by atoms with Crippen LogP contribution in [0.2, 0.25) is 0 Å². The van der Waals surface area contributed by atoms with E-state index in [-0.39, 0.29) is 18.6 Å². The molecule has 1 unspecified atom stereocenters. The third-order valence-electron chi connectivity index (χ3n) is 4.42. The molecule has 0 spiro atoms. The monoisotopic (exact) mass is 379 g/mol. The van der Waals surface area contributed by atoms with Gasteiger partial charge < -0.3 is 14.4 Å². The first kappa shape index (κ1) is 19.1. The van der Waals surface area contributed by atoms with Crippen molar-refractivity contribution in [3.05, 3.63) is 65.7 Å². The van der Waals surface area contributed by atoms with Gasteiger partial charge in [-0.1, -0.05) is 30.3 Å². The van der Waals surface area contributed by atoms with Gasteiger partial charge in [0.25, 0.3) is 0 Å². The van der Waals surface area contributed by atoms with E-state index in [1.807, 2.05) is 30.3 Å². The lowest BCUT2D eigenvalue weighted by atomic mass is 10.1. The molecule has 2 aromatic rings. The summed E-state index contributed by atoms with van der Waals surface area (Å²) in [6.45, 7) is 1.65. The summed E-state index contributed by atoms with van der Waals surface area (Å²) < 4.78 is 48.5. The fraction of sp³-hybridized carbons (Fsp3) is 0.350. The van der Waals surface area contributed by atoms with Gasteiger partial charge in [0.1, 0.15) is 12.4 Å². The van der Waals surface area contributed by atoms with Crippen LogP contribution in [0.1, 0.15) is 17.5 Å². The largest absolute Gasteiger partial charge is 0.493 e. The van der Waals surface area contributed by atoms with Crippen LogP contribution < -0.4 is 4.74 Å². The predicted octanol–water partition coefficient (Wildman–Crippen LogP) is 4.74. The van der Waals surface area contributed by atoms with Crippen molar-refractivity contribution in [2.24, 2.45) is 5.92 Å². The van der Waals surface area contributed by atoms with E-state index in [4.69, 9.17) is 9.47 Å². The minimum Gasteiger partial charge on any atom is -0.493 e. The molecule has 1 aliphatic rings. The number of amides is 1. The minimum absolute atomic E-state index is 0.122. The number of rotatable bonds is 5. The van der Waals surface area contributed by atoms with Gasteiger partial charge >= 0.3 is 12.3 Å². The molecular weight excluding hydrogens is 359 g/mol. The number of carbonyl (C=O) groups excluding carboxylic acids is 1. The molecule has 0 N–H and O–H groups in total. The van der Waals surface area contributed by atoms with E-state index >= 15 is 0 Å². The molecule has 1 atom stereocenters. The molecule has 1 fully saturated rings. The summed E-state index contributed by atoms with van der Waals surface area (Å²) in [5, 5.41) is 0. The highest BCUT2D eigenvalue weighted by atomic mass is 19.4. The SMILES string of the molecule is O=C(OCc1ccccc1)N1CCC(COc2ccc(C(F)(F)F)cc2)C1. The van der Waals surface area contributed by atoms with E-state index in [2.05, 4.69) is 0 Å². The third kappa shape index (κ3) is 5.39. The summed E-state index contributed by atoms with van der Waals surface area (Å²) in [6.07, 6.45) is -3.96. The Morgan fingerprint density at radius 1 is 1.07 bits per heavy atom. The molecule has 1 heterocycles. The average molecular weight is 379 g/mol. The number of alkyl halides is 3. The second-order valence-electron chi connectivity index (χ2n) is 6.47. The number of benzene rings is 2. The van der Waals surface area contributed by atoms with Gasteiger partial charge in [0, 0.05) is 19.0 Å². The Morgan fingerprint density at radius 3 is 2.44 bits per heavy atom. The predicted molar refractivity (Wildman–Crippen MR) is 93.2 cm³/mol. The van der Waals surface area contributed by atoms with Crippen LogP contribution in [0.3, 0.4) is 0 Å². The molecule has 2 aromatic carbocycles. The lowest BCUT2D eigenvalue weighted by molar-refractivity contribution is -0.137. The molecule has 0 saturated carbocycles. The number of hydrogen-bond donors (Lipinski definition) is 0. The van der Waals surface area contributed by atoms with Crippen molar-refractivity contribution in [2.45, 2.75) is 19.2 Å². The lowest BCUT2D eigenvalue weighted by Crippen LogP contribution is -2.30. The van der Waals surface area contributed by atoms with Crippen molar-refractivity contribution >= 4 is 6.09 Å². The van der Waals surface area contributed by atoms with Gasteiger partial charge in [0.2, 0.25) is 0 Å². The van der Waals surface area contributed by atoms with E-state index in [0.717, 1.165) is 24.1 Å². The molecule has 7 heteroatoms. The van der Waals surface area contributed by atoms with Gasteiger partial charge in [-0.25, -0.2) is 4.79 Å². The molecule has 0 radical (unpaired) electrons. The number of hydrogen-bond acceptors (Lipinski definition) is 3. The summed E-state index contributed by atoms with van der Waals surface area (Å²) in [5.74, 6) is 0.504. The van der Waals surface area contributed by atoms with E-state index in [1.54, 1.807) is 4.90 Å². The van der Waals surface area contributed by atoms with E-state index in [1.165, 1.54) is 12.1 Å². The highest BCUT2D eigenvalue weighted by molar-refractivity contribution is 5.68. The number of ether oxygens (including phenoxy) is 2. The van der Waals surface area contributed by atoms with Crippen LogP contribution in [-0.4, -0.2) is 30.7 Å². The van der Waals surface area contributed by atoms with Crippen molar-refractivity contribution in [1.82, 2.24) is 4.90 Å². The number of nitrogens with zero attached hydrogens (tertiary/aromatic N) is 1. The normalized spacial score (nSPS) is 17.0. The summed E-state index contributed by atoms with van der Waals surface area (Å²) in [6, 6.07) is 14.0. The standard InChI is InChI=1S/C20H20F3NO3/c21-20(22,23)17-6-8-18(9-7-17)26-14-16-10-11-24(12-16)19(25)27-13-15-4-2-1-3-5-15/h1-9,16H,10-14H2. The van der Waals surface area contributed by atoms with Gasteiger partial charge in [-0.2, -0.15) is 13.2 Å². The first-order chi connectivity index (χ1) is 12.9. The Balaban J connectivity index is 1.42. The van der Waals surface area contributed by atoms with E-state index in [0.29, 0.717) is 25.4 Å². The third-order valence-corrected chi connectivity index (χ3v) is 4.42. The molecule has 144 valence electrons. The summed E-state index contributed by atoms with van der Waals surface area (Å²) in [5.41, 5.74) is 0.218. The smallest absolute Gasteiger partial charge is 0.416 e. The van der Waals surface area contributed by atoms with Gasteiger partial charge in [0.15, 0.2) is 0 Å². The number of carbonyl (C=O) groups is 1. The van der Waals surface area contributed by atoms with Crippen LogP contribution >= 0.6 is 0 Å². The Kier molecular flexibility index (Phi) is 5.88. The zero-order valence-electron chi connectivity index (χ0n) is 14.6. The molecule has 4 nitrogen and oxygen atoms in total. The van der Waals surface area contributed by atoms with Crippen LogP contribution in [0.25, 0.3) is 0 Å². The van der Waals surface area contributed by atoms with Crippen LogP contribution in [0, 0.1) is 5.92 Å². The first-order valence-electron chi connectivity index (χ1n) is 8.67. The molecule has 27 heavy (non-hydrogen) atoms. The maximum atomic E-state index is 12.6. The quantitative estimate of drug-likeness (QED) is 0.753. The lowest BCUT2D eigenvalue weighted by Gasteiger charge is -2.17. The summed E-state index contributed by atoms with van der Waals surface area (Å²) in [7, 11) is 0. The van der Waals surface area contributed by atoms with Gasteiger partial charge in [0.05, 0.1) is 12.2 Å². The van der Waals surface area contributed by atoms with E-state index in [9.17, 15) is 18.0 Å². The maximum Gasteiger partial charge on any atom is 0.416 e. The zero-order chi connectivity index (χ0) is 19.3. The Morgan fingerprint density at radius 2 is 1.78 bits per heavy atom. The zero-order valence-corrected chi connectivity index (χ0v) is 14.6. The number of likely N-dealkylation sites (tertiary alicyclic amines) is 1. The first-order valence-corrected chi connectivity index (χ1v) is 8.67. The van der Waals surface area contributed by atoms with Crippen LogP contribution in [0.4, 0.5) is 18.0 Å². The highest BCUT2D eigenvalue weighted by Gasteiger charge is 2.30. The van der Waals surface area contributed by atoms with Gasteiger partial charge in [-0.15, -0.1) is 0 Å².